The van der Waals surface area contributed by atoms with Crippen LogP contribution in [0.2, 0.25) is 0 Å². The number of aromatic carboxylic acids is 2. The average molecular weight is 266 g/mol. The zero-order valence-corrected chi connectivity index (χ0v) is 10.3. The molecule has 2 aromatic carbocycles. The molecule has 0 bridgehead atoms. The predicted octanol–water partition coefficient (Wildman–Crippen LogP) is 2.73. The molecule has 0 amide bonds. The number of terminal acetylenes is 1. The van der Waals surface area contributed by atoms with Gasteiger partial charge in [0, 0.05) is 11.1 Å². The Kier molecular flexibility index (Phi) is 3.54. The molecule has 2 N–H and O–H groups in total. The molecule has 0 aliphatic carbocycles. The summed E-state index contributed by atoms with van der Waals surface area (Å²) in [4.78, 5) is 22.6. The van der Waals surface area contributed by atoms with Gasteiger partial charge in [-0.3, -0.25) is 0 Å². The van der Waals surface area contributed by atoms with Crippen LogP contribution in [-0.4, -0.2) is 22.2 Å². The lowest BCUT2D eigenvalue weighted by atomic mass is 9.93. The van der Waals surface area contributed by atoms with E-state index in [1.165, 1.54) is 18.2 Å². The van der Waals surface area contributed by atoms with E-state index in [9.17, 15) is 19.8 Å². The van der Waals surface area contributed by atoms with Crippen LogP contribution < -0.4 is 0 Å². The van der Waals surface area contributed by atoms with Crippen LogP contribution in [0.15, 0.2) is 42.5 Å². The second kappa shape index (κ2) is 5.29. The minimum Gasteiger partial charge on any atom is -0.478 e. The van der Waals surface area contributed by atoms with Crippen molar-refractivity contribution in [3.63, 3.8) is 0 Å². The first kappa shape index (κ1) is 13.4. The van der Waals surface area contributed by atoms with Crippen molar-refractivity contribution in [2.24, 2.45) is 0 Å². The number of carboxylic acid groups (broad SMARTS) is 2. The molecule has 98 valence electrons. The topological polar surface area (TPSA) is 74.6 Å². The molecule has 4 nitrogen and oxygen atoms in total. The Hall–Kier alpha value is -3.06. The van der Waals surface area contributed by atoms with Gasteiger partial charge < -0.3 is 10.2 Å². The molecule has 2 rings (SSSR count). The molecule has 0 aliphatic rings. The second-order valence-corrected chi connectivity index (χ2v) is 4.06. The molecule has 0 fully saturated rings. The summed E-state index contributed by atoms with van der Waals surface area (Å²) in [5.74, 6) is 0.0678. The van der Waals surface area contributed by atoms with E-state index in [1.54, 1.807) is 24.3 Å². The first-order chi connectivity index (χ1) is 9.54. The van der Waals surface area contributed by atoms with Crippen LogP contribution >= 0.6 is 0 Å². The lowest BCUT2D eigenvalue weighted by Gasteiger charge is -2.10. The molecule has 4 heteroatoms. The minimum atomic E-state index is -1.19. The summed E-state index contributed by atoms with van der Waals surface area (Å²) in [6.45, 7) is 0. The molecular weight excluding hydrogens is 256 g/mol. The SMILES string of the molecule is C#Cc1cccc(-c2c(C(=O)O)cccc2C(=O)O)c1. The fraction of sp³-hybridized carbons (Fsp3) is 0. The van der Waals surface area contributed by atoms with Crippen LogP contribution in [0.4, 0.5) is 0 Å². The van der Waals surface area contributed by atoms with E-state index >= 15 is 0 Å². The summed E-state index contributed by atoms with van der Waals surface area (Å²) < 4.78 is 0. The highest BCUT2D eigenvalue weighted by atomic mass is 16.4. The quantitative estimate of drug-likeness (QED) is 0.838. The van der Waals surface area contributed by atoms with Crippen LogP contribution in [0, 0.1) is 12.3 Å². The van der Waals surface area contributed by atoms with Crippen molar-refractivity contribution in [2.45, 2.75) is 0 Å². The van der Waals surface area contributed by atoms with Gasteiger partial charge in [-0.15, -0.1) is 6.42 Å². The van der Waals surface area contributed by atoms with Gasteiger partial charge in [0.25, 0.3) is 0 Å². The van der Waals surface area contributed by atoms with E-state index in [4.69, 9.17) is 6.42 Å². The highest BCUT2D eigenvalue weighted by Crippen LogP contribution is 2.28. The minimum absolute atomic E-state index is 0.0703. The van der Waals surface area contributed by atoms with Crippen molar-refractivity contribution < 1.29 is 19.8 Å². The fourth-order valence-corrected chi connectivity index (χ4v) is 1.98. The molecule has 0 aromatic heterocycles. The van der Waals surface area contributed by atoms with Gasteiger partial charge >= 0.3 is 11.9 Å². The van der Waals surface area contributed by atoms with E-state index in [2.05, 4.69) is 5.92 Å². The molecule has 0 saturated carbocycles. The Balaban J connectivity index is 2.79. The molecule has 0 atom stereocenters. The van der Waals surface area contributed by atoms with Gasteiger partial charge in [-0.1, -0.05) is 24.1 Å². The van der Waals surface area contributed by atoms with Gasteiger partial charge in [0.2, 0.25) is 0 Å². The Labute approximate surface area is 115 Å². The van der Waals surface area contributed by atoms with Crippen molar-refractivity contribution in [3.8, 4) is 23.5 Å². The highest BCUT2D eigenvalue weighted by Gasteiger charge is 2.19. The zero-order valence-electron chi connectivity index (χ0n) is 10.3. The maximum atomic E-state index is 11.3. The number of carbonyl (C=O) groups is 2. The van der Waals surface area contributed by atoms with Crippen molar-refractivity contribution >= 4 is 11.9 Å². The van der Waals surface area contributed by atoms with Crippen molar-refractivity contribution in [2.75, 3.05) is 0 Å². The van der Waals surface area contributed by atoms with Crippen molar-refractivity contribution in [1.82, 2.24) is 0 Å². The third-order valence-electron chi connectivity index (χ3n) is 2.84. The third-order valence-corrected chi connectivity index (χ3v) is 2.84. The van der Waals surface area contributed by atoms with Crippen molar-refractivity contribution in [3.05, 3.63) is 59.2 Å². The largest absolute Gasteiger partial charge is 0.478 e. The maximum absolute atomic E-state index is 11.3. The van der Waals surface area contributed by atoms with E-state index < -0.39 is 11.9 Å². The molecule has 0 aliphatic heterocycles. The summed E-state index contributed by atoms with van der Waals surface area (Å²) in [7, 11) is 0. The Morgan fingerprint density at radius 3 is 2.00 bits per heavy atom. The number of hydrogen-bond acceptors (Lipinski definition) is 2. The molecule has 0 heterocycles. The molecule has 20 heavy (non-hydrogen) atoms. The smallest absolute Gasteiger partial charge is 0.336 e. The molecule has 2 aromatic rings. The van der Waals surface area contributed by atoms with Crippen LogP contribution in [0.1, 0.15) is 26.3 Å². The van der Waals surface area contributed by atoms with Crippen LogP contribution in [-0.2, 0) is 0 Å². The van der Waals surface area contributed by atoms with E-state index in [-0.39, 0.29) is 16.7 Å². The Morgan fingerprint density at radius 2 is 1.50 bits per heavy atom. The molecule has 0 saturated heterocycles. The molecular formula is C16H10O4. The van der Waals surface area contributed by atoms with Crippen LogP contribution in [0.5, 0.6) is 0 Å². The predicted molar refractivity (Wildman–Crippen MR) is 73.7 cm³/mol. The maximum Gasteiger partial charge on any atom is 0.336 e. The summed E-state index contributed by atoms with van der Waals surface area (Å²) in [5.41, 5.74) is 1.04. The van der Waals surface area contributed by atoms with Crippen LogP contribution in [0.25, 0.3) is 11.1 Å². The average Bonchev–Trinajstić information content (AvgIpc) is 2.46. The highest BCUT2D eigenvalue weighted by molar-refractivity contribution is 6.04. The van der Waals surface area contributed by atoms with Gasteiger partial charge in [0.1, 0.15) is 0 Å². The standard InChI is InChI=1S/C16H10O4/c1-2-10-5-3-6-11(9-10)14-12(15(17)18)7-4-8-13(14)16(19)20/h1,3-9H,(H,17,18)(H,19,20). The van der Waals surface area contributed by atoms with Crippen LogP contribution in [0.3, 0.4) is 0 Å². The molecule has 0 radical (unpaired) electrons. The molecule has 0 spiro atoms. The normalized spacial score (nSPS) is 9.75. The summed E-state index contributed by atoms with van der Waals surface area (Å²) >= 11 is 0. The zero-order chi connectivity index (χ0) is 14.7. The van der Waals surface area contributed by atoms with E-state index in [1.807, 2.05) is 0 Å². The number of rotatable bonds is 3. The number of benzene rings is 2. The van der Waals surface area contributed by atoms with Gasteiger partial charge in [-0.25, -0.2) is 9.59 Å². The number of hydrogen-bond donors (Lipinski definition) is 2. The summed E-state index contributed by atoms with van der Waals surface area (Å²) in [6, 6.07) is 10.7. The van der Waals surface area contributed by atoms with Crippen molar-refractivity contribution in [1.29, 1.82) is 0 Å². The monoisotopic (exact) mass is 266 g/mol. The van der Waals surface area contributed by atoms with E-state index in [0.717, 1.165) is 0 Å². The second-order valence-electron chi connectivity index (χ2n) is 4.06. The lowest BCUT2D eigenvalue weighted by Crippen LogP contribution is -2.06. The first-order valence-corrected chi connectivity index (χ1v) is 5.71. The lowest BCUT2D eigenvalue weighted by molar-refractivity contribution is 0.0696. The number of carboxylic acids is 2. The fourth-order valence-electron chi connectivity index (χ4n) is 1.98. The van der Waals surface area contributed by atoms with Gasteiger partial charge in [-0.2, -0.15) is 0 Å². The Bertz CT molecular complexity index is 706. The summed E-state index contributed by atoms with van der Waals surface area (Å²) in [5, 5.41) is 18.5. The van der Waals surface area contributed by atoms with E-state index in [0.29, 0.717) is 11.1 Å². The Morgan fingerprint density at radius 1 is 0.950 bits per heavy atom. The third kappa shape index (κ3) is 2.38. The first-order valence-electron chi connectivity index (χ1n) is 5.71. The summed E-state index contributed by atoms with van der Waals surface area (Å²) in [6.07, 6.45) is 5.31. The van der Waals surface area contributed by atoms with Gasteiger partial charge in [0.15, 0.2) is 0 Å². The van der Waals surface area contributed by atoms with Gasteiger partial charge in [0.05, 0.1) is 11.1 Å². The molecule has 0 unspecified atom stereocenters. The van der Waals surface area contributed by atoms with Gasteiger partial charge in [-0.05, 0) is 29.8 Å².